The second kappa shape index (κ2) is 5.07. The molecule has 0 radical (unpaired) electrons. The van der Waals surface area contributed by atoms with E-state index in [9.17, 15) is 9.18 Å². The molecule has 0 aliphatic heterocycles. The number of aromatic nitrogens is 1. The van der Waals surface area contributed by atoms with Gasteiger partial charge in [0.2, 0.25) is 0 Å². The number of nitriles is 1. The third kappa shape index (κ3) is 2.45. The number of amides is 1. The van der Waals surface area contributed by atoms with Crippen molar-refractivity contribution in [2.45, 2.75) is 6.42 Å². The van der Waals surface area contributed by atoms with Crippen molar-refractivity contribution in [2.75, 3.05) is 19.3 Å². The van der Waals surface area contributed by atoms with E-state index in [0.29, 0.717) is 0 Å². The van der Waals surface area contributed by atoms with Crippen LogP contribution >= 0.6 is 0 Å². The maximum absolute atomic E-state index is 13.4. The summed E-state index contributed by atoms with van der Waals surface area (Å²) in [7, 11) is 1.50. The Labute approximate surface area is 92.3 Å². The molecule has 1 aromatic rings. The van der Waals surface area contributed by atoms with Crippen molar-refractivity contribution in [1.82, 2.24) is 9.88 Å². The number of halogens is 1. The Morgan fingerprint density at radius 3 is 3.06 bits per heavy atom. The van der Waals surface area contributed by atoms with Gasteiger partial charge in [-0.1, -0.05) is 0 Å². The smallest absolute Gasteiger partial charge is 0.256 e. The molecular formula is C10H11FN4O. The predicted octanol–water partition coefficient (Wildman–Crippen LogP) is 0.789. The zero-order valence-corrected chi connectivity index (χ0v) is 8.77. The molecule has 0 fully saturated rings. The first kappa shape index (κ1) is 11.9. The SMILES string of the molecule is CN(CCC#N)C(=O)c1ccnc(N)c1F. The van der Waals surface area contributed by atoms with Gasteiger partial charge in [-0.3, -0.25) is 4.79 Å². The summed E-state index contributed by atoms with van der Waals surface area (Å²) in [6.45, 7) is 0.247. The summed E-state index contributed by atoms with van der Waals surface area (Å²) >= 11 is 0. The Morgan fingerprint density at radius 2 is 2.44 bits per heavy atom. The van der Waals surface area contributed by atoms with E-state index in [1.807, 2.05) is 6.07 Å². The zero-order valence-electron chi connectivity index (χ0n) is 8.77. The highest BCUT2D eigenvalue weighted by Crippen LogP contribution is 2.13. The maximum Gasteiger partial charge on any atom is 0.256 e. The third-order valence-corrected chi connectivity index (χ3v) is 2.05. The average molecular weight is 222 g/mol. The van der Waals surface area contributed by atoms with Gasteiger partial charge in [0.25, 0.3) is 5.91 Å². The summed E-state index contributed by atoms with van der Waals surface area (Å²) in [5.74, 6) is -1.64. The fraction of sp³-hybridized carbons (Fsp3) is 0.300. The molecule has 0 saturated heterocycles. The van der Waals surface area contributed by atoms with Crippen LogP contribution in [-0.2, 0) is 0 Å². The monoisotopic (exact) mass is 222 g/mol. The lowest BCUT2D eigenvalue weighted by Gasteiger charge is -2.15. The summed E-state index contributed by atoms with van der Waals surface area (Å²) in [6.07, 6.45) is 1.47. The van der Waals surface area contributed by atoms with Crippen molar-refractivity contribution in [1.29, 1.82) is 5.26 Å². The molecule has 1 rings (SSSR count). The van der Waals surface area contributed by atoms with E-state index in [1.165, 1.54) is 24.2 Å². The highest BCUT2D eigenvalue weighted by atomic mass is 19.1. The van der Waals surface area contributed by atoms with Gasteiger partial charge in [-0.05, 0) is 6.07 Å². The van der Waals surface area contributed by atoms with Crippen molar-refractivity contribution >= 4 is 11.7 Å². The molecule has 6 heteroatoms. The molecule has 16 heavy (non-hydrogen) atoms. The zero-order chi connectivity index (χ0) is 12.1. The van der Waals surface area contributed by atoms with Gasteiger partial charge in [0.1, 0.15) is 0 Å². The van der Waals surface area contributed by atoms with Crippen LogP contribution in [0.25, 0.3) is 0 Å². The molecule has 2 N–H and O–H groups in total. The van der Waals surface area contributed by atoms with Crippen LogP contribution in [0.2, 0.25) is 0 Å². The summed E-state index contributed by atoms with van der Waals surface area (Å²) in [4.78, 5) is 16.5. The van der Waals surface area contributed by atoms with Gasteiger partial charge in [0.05, 0.1) is 18.1 Å². The van der Waals surface area contributed by atoms with E-state index in [1.54, 1.807) is 0 Å². The number of hydrogen-bond donors (Lipinski definition) is 1. The first-order chi connectivity index (χ1) is 7.57. The molecule has 0 aliphatic rings. The lowest BCUT2D eigenvalue weighted by Crippen LogP contribution is -2.28. The standard InChI is InChI=1S/C10H11FN4O/c1-15(6-2-4-12)10(16)7-3-5-14-9(13)8(7)11/h3,5H,2,6H2,1H3,(H2,13,14). The molecule has 0 atom stereocenters. The van der Waals surface area contributed by atoms with Crippen molar-refractivity contribution in [2.24, 2.45) is 0 Å². The molecule has 5 nitrogen and oxygen atoms in total. The number of nitrogens with two attached hydrogens (primary N) is 1. The van der Waals surface area contributed by atoms with Gasteiger partial charge in [-0.15, -0.1) is 0 Å². The van der Waals surface area contributed by atoms with E-state index in [0.717, 1.165) is 0 Å². The predicted molar refractivity (Wildman–Crippen MR) is 55.8 cm³/mol. The fourth-order valence-electron chi connectivity index (χ4n) is 1.15. The Hall–Kier alpha value is -2.16. The number of carbonyl (C=O) groups excluding carboxylic acids is 1. The van der Waals surface area contributed by atoms with Crippen molar-refractivity contribution < 1.29 is 9.18 Å². The van der Waals surface area contributed by atoms with Crippen LogP contribution in [0.1, 0.15) is 16.8 Å². The molecule has 0 saturated carbocycles. The van der Waals surface area contributed by atoms with Crippen LogP contribution in [0.3, 0.4) is 0 Å². The fourth-order valence-corrected chi connectivity index (χ4v) is 1.15. The summed E-state index contributed by atoms with van der Waals surface area (Å²) < 4.78 is 13.4. The second-order valence-electron chi connectivity index (χ2n) is 3.19. The summed E-state index contributed by atoms with van der Waals surface area (Å²) in [6, 6.07) is 3.17. The largest absolute Gasteiger partial charge is 0.381 e. The van der Waals surface area contributed by atoms with Gasteiger partial charge in [-0.25, -0.2) is 9.37 Å². The van der Waals surface area contributed by atoms with Crippen LogP contribution in [0, 0.1) is 17.1 Å². The van der Waals surface area contributed by atoms with Gasteiger partial charge in [-0.2, -0.15) is 5.26 Å². The van der Waals surface area contributed by atoms with Crippen LogP contribution in [0.15, 0.2) is 12.3 Å². The number of pyridine rings is 1. The van der Waals surface area contributed by atoms with Crippen LogP contribution < -0.4 is 5.73 Å². The normalized spacial score (nSPS) is 9.56. The molecule has 0 aliphatic carbocycles. The van der Waals surface area contributed by atoms with Gasteiger partial charge in [0.15, 0.2) is 11.6 Å². The number of carbonyl (C=O) groups is 1. The molecule has 1 heterocycles. The number of anilines is 1. The number of nitrogen functional groups attached to an aromatic ring is 1. The number of rotatable bonds is 3. The molecule has 1 aromatic heterocycles. The first-order valence-electron chi connectivity index (χ1n) is 4.60. The van der Waals surface area contributed by atoms with E-state index in [2.05, 4.69) is 4.98 Å². The summed E-state index contributed by atoms with van der Waals surface area (Å²) in [5.41, 5.74) is 5.12. The lowest BCUT2D eigenvalue weighted by molar-refractivity contribution is 0.0793. The van der Waals surface area contributed by atoms with E-state index >= 15 is 0 Å². The molecular weight excluding hydrogens is 211 g/mol. The molecule has 0 bridgehead atoms. The van der Waals surface area contributed by atoms with E-state index in [-0.39, 0.29) is 24.3 Å². The Kier molecular flexibility index (Phi) is 3.78. The quantitative estimate of drug-likeness (QED) is 0.819. The third-order valence-electron chi connectivity index (χ3n) is 2.05. The topological polar surface area (TPSA) is 83.0 Å². The Bertz CT molecular complexity index is 441. The molecule has 0 aromatic carbocycles. The maximum atomic E-state index is 13.4. The van der Waals surface area contributed by atoms with Crippen molar-refractivity contribution in [3.63, 3.8) is 0 Å². The van der Waals surface area contributed by atoms with E-state index in [4.69, 9.17) is 11.0 Å². The van der Waals surface area contributed by atoms with Crippen LogP contribution in [-0.4, -0.2) is 29.4 Å². The minimum Gasteiger partial charge on any atom is -0.381 e. The van der Waals surface area contributed by atoms with Gasteiger partial charge >= 0.3 is 0 Å². The molecule has 84 valence electrons. The van der Waals surface area contributed by atoms with E-state index < -0.39 is 11.7 Å². The van der Waals surface area contributed by atoms with Crippen LogP contribution in [0.4, 0.5) is 10.2 Å². The number of nitrogens with zero attached hydrogens (tertiary/aromatic N) is 3. The number of hydrogen-bond acceptors (Lipinski definition) is 4. The second-order valence-corrected chi connectivity index (χ2v) is 3.19. The molecule has 0 unspecified atom stereocenters. The first-order valence-corrected chi connectivity index (χ1v) is 4.60. The highest BCUT2D eigenvalue weighted by molar-refractivity contribution is 5.94. The van der Waals surface area contributed by atoms with Gasteiger partial charge < -0.3 is 10.6 Å². The molecule has 1 amide bonds. The average Bonchev–Trinajstić information content (AvgIpc) is 2.28. The van der Waals surface area contributed by atoms with Crippen molar-refractivity contribution in [3.05, 3.63) is 23.6 Å². The Morgan fingerprint density at radius 1 is 1.75 bits per heavy atom. The Balaban J connectivity index is 2.89. The highest BCUT2D eigenvalue weighted by Gasteiger charge is 2.17. The lowest BCUT2D eigenvalue weighted by atomic mass is 10.2. The van der Waals surface area contributed by atoms with Crippen LogP contribution in [0.5, 0.6) is 0 Å². The molecule has 0 spiro atoms. The van der Waals surface area contributed by atoms with Gasteiger partial charge in [0, 0.05) is 19.8 Å². The minimum atomic E-state index is -0.823. The van der Waals surface area contributed by atoms with Crippen molar-refractivity contribution in [3.8, 4) is 6.07 Å². The summed E-state index contributed by atoms with van der Waals surface area (Å²) in [5, 5.41) is 8.37. The minimum absolute atomic E-state index is 0.132.